The minimum absolute atomic E-state index is 0.272. The molecule has 1 aliphatic heterocycles. The van der Waals surface area contributed by atoms with Gasteiger partial charge in [0, 0.05) is 38.3 Å². The molecule has 15 heavy (non-hydrogen) atoms. The Bertz CT molecular complexity index is 241. The van der Waals surface area contributed by atoms with Crippen molar-refractivity contribution in [2.24, 2.45) is 0 Å². The van der Waals surface area contributed by atoms with E-state index in [0.29, 0.717) is 12.6 Å². The van der Waals surface area contributed by atoms with Crippen LogP contribution in [0.15, 0.2) is 0 Å². The lowest BCUT2D eigenvalue weighted by atomic mass is 10.2. The molecule has 0 aromatic rings. The third-order valence-corrected chi connectivity index (χ3v) is 3.47. The molecular formula is C11H20N2O2. The van der Waals surface area contributed by atoms with Crippen LogP contribution >= 0.6 is 0 Å². The number of rotatable bonds is 4. The molecule has 0 aromatic heterocycles. The second-order valence-corrected chi connectivity index (χ2v) is 4.75. The Morgan fingerprint density at radius 3 is 2.67 bits per heavy atom. The molecule has 2 aliphatic rings. The van der Waals surface area contributed by atoms with Crippen LogP contribution in [0.4, 0.5) is 0 Å². The summed E-state index contributed by atoms with van der Waals surface area (Å²) in [5, 5.41) is 8.64. The van der Waals surface area contributed by atoms with E-state index in [1.165, 1.54) is 12.8 Å². The number of nitrogens with zero attached hydrogens (tertiary/aromatic N) is 2. The number of carboxylic acid groups (broad SMARTS) is 1. The van der Waals surface area contributed by atoms with Crippen LogP contribution in [-0.4, -0.2) is 59.1 Å². The van der Waals surface area contributed by atoms with Crippen molar-refractivity contribution < 1.29 is 9.90 Å². The Kier molecular flexibility index (Phi) is 3.26. The molecule has 86 valence electrons. The lowest BCUT2D eigenvalue weighted by Crippen LogP contribution is -2.52. The Balaban J connectivity index is 1.75. The van der Waals surface area contributed by atoms with Gasteiger partial charge in [0.15, 0.2) is 0 Å². The first kappa shape index (κ1) is 10.9. The van der Waals surface area contributed by atoms with Gasteiger partial charge < -0.3 is 5.11 Å². The van der Waals surface area contributed by atoms with Gasteiger partial charge in [-0.25, -0.2) is 0 Å². The SMILES string of the molecule is CC1CN(C2CC2)CCN1CCC(=O)O. The summed E-state index contributed by atoms with van der Waals surface area (Å²) in [5.74, 6) is -0.688. The number of carbonyl (C=O) groups is 1. The summed E-state index contributed by atoms with van der Waals surface area (Å²) in [6, 6.07) is 1.35. The van der Waals surface area contributed by atoms with Gasteiger partial charge in [0.1, 0.15) is 0 Å². The smallest absolute Gasteiger partial charge is 0.304 e. The molecule has 4 nitrogen and oxygen atoms in total. The van der Waals surface area contributed by atoms with Gasteiger partial charge in [-0.3, -0.25) is 14.6 Å². The van der Waals surface area contributed by atoms with E-state index in [1.54, 1.807) is 0 Å². The maximum Gasteiger partial charge on any atom is 0.304 e. The highest BCUT2D eigenvalue weighted by molar-refractivity contribution is 5.66. The van der Waals surface area contributed by atoms with Gasteiger partial charge in [0.25, 0.3) is 0 Å². The van der Waals surface area contributed by atoms with Crippen LogP contribution in [-0.2, 0) is 4.79 Å². The first-order valence-corrected chi connectivity index (χ1v) is 5.86. The van der Waals surface area contributed by atoms with E-state index >= 15 is 0 Å². The van der Waals surface area contributed by atoms with Crippen molar-refractivity contribution in [3.8, 4) is 0 Å². The molecule has 0 bridgehead atoms. The molecule has 0 amide bonds. The van der Waals surface area contributed by atoms with E-state index in [0.717, 1.165) is 25.7 Å². The average Bonchev–Trinajstić information content (AvgIpc) is 2.98. The summed E-state index contributed by atoms with van der Waals surface area (Å²) in [7, 11) is 0. The van der Waals surface area contributed by atoms with Crippen LogP contribution < -0.4 is 0 Å². The molecule has 1 atom stereocenters. The Morgan fingerprint density at radius 2 is 2.13 bits per heavy atom. The molecular weight excluding hydrogens is 192 g/mol. The summed E-state index contributed by atoms with van der Waals surface area (Å²) in [6.07, 6.45) is 3.00. The van der Waals surface area contributed by atoms with E-state index in [2.05, 4.69) is 16.7 Å². The zero-order valence-corrected chi connectivity index (χ0v) is 9.35. The van der Waals surface area contributed by atoms with Crippen molar-refractivity contribution in [2.45, 2.75) is 38.3 Å². The van der Waals surface area contributed by atoms with Crippen LogP contribution in [0.5, 0.6) is 0 Å². The Labute approximate surface area is 90.9 Å². The Morgan fingerprint density at radius 1 is 1.40 bits per heavy atom. The van der Waals surface area contributed by atoms with E-state index < -0.39 is 5.97 Å². The maximum atomic E-state index is 10.5. The van der Waals surface area contributed by atoms with Gasteiger partial charge >= 0.3 is 5.97 Å². The highest BCUT2D eigenvalue weighted by Gasteiger charge is 2.33. The highest BCUT2D eigenvalue weighted by Crippen LogP contribution is 2.28. The fourth-order valence-corrected chi connectivity index (χ4v) is 2.37. The molecule has 4 heteroatoms. The van der Waals surface area contributed by atoms with Gasteiger partial charge in [-0.15, -0.1) is 0 Å². The summed E-state index contributed by atoms with van der Waals surface area (Å²) >= 11 is 0. The van der Waals surface area contributed by atoms with Crippen molar-refractivity contribution in [3.05, 3.63) is 0 Å². The molecule has 1 saturated carbocycles. The van der Waals surface area contributed by atoms with Crippen LogP contribution in [0, 0.1) is 0 Å². The summed E-state index contributed by atoms with van der Waals surface area (Å²) < 4.78 is 0. The zero-order chi connectivity index (χ0) is 10.8. The predicted molar refractivity (Wildman–Crippen MR) is 57.9 cm³/mol. The van der Waals surface area contributed by atoms with Crippen LogP contribution in [0.2, 0.25) is 0 Å². The second-order valence-electron chi connectivity index (χ2n) is 4.75. The first-order chi connectivity index (χ1) is 7.16. The van der Waals surface area contributed by atoms with Gasteiger partial charge in [-0.2, -0.15) is 0 Å². The number of piperazine rings is 1. The normalized spacial score (nSPS) is 29.3. The van der Waals surface area contributed by atoms with Gasteiger partial charge in [-0.05, 0) is 19.8 Å². The number of hydrogen-bond acceptors (Lipinski definition) is 3. The monoisotopic (exact) mass is 212 g/mol. The predicted octanol–water partition coefficient (Wildman–Crippen LogP) is 0.630. The highest BCUT2D eigenvalue weighted by atomic mass is 16.4. The molecule has 0 radical (unpaired) electrons. The first-order valence-electron chi connectivity index (χ1n) is 5.86. The lowest BCUT2D eigenvalue weighted by molar-refractivity contribution is -0.137. The van der Waals surface area contributed by atoms with E-state index in [1.807, 2.05) is 0 Å². The third kappa shape index (κ3) is 2.92. The van der Waals surface area contributed by atoms with Gasteiger partial charge in [0.05, 0.1) is 6.42 Å². The van der Waals surface area contributed by atoms with Gasteiger partial charge in [0.2, 0.25) is 0 Å². The Hall–Kier alpha value is -0.610. The van der Waals surface area contributed by atoms with Gasteiger partial charge in [-0.1, -0.05) is 0 Å². The molecule has 1 unspecified atom stereocenters. The van der Waals surface area contributed by atoms with Crippen molar-refractivity contribution >= 4 is 5.97 Å². The third-order valence-electron chi connectivity index (χ3n) is 3.47. The minimum atomic E-state index is -0.688. The van der Waals surface area contributed by atoms with E-state index in [-0.39, 0.29) is 6.42 Å². The summed E-state index contributed by atoms with van der Waals surface area (Å²) in [4.78, 5) is 15.4. The molecule has 2 rings (SSSR count). The van der Waals surface area contributed by atoms with Crippen LogP contribution in [0.1, 0.15) is 26.2 Å². The molecule has 2 fully saturated rings. The topological polar surface area (TPSA) is 43.8 Å². The molecule has 0 aromatic carbocycles. The van der Waals surface area contributed by atoms with E-state index in [9.17, 15) is 4.79 Å². The summed E-state index contributed by atoms with van der Waals surface area (Å²) in [6.45, 7) is 6.18. The van der Waals surface area contributed by atoms with Crippen molar-refractivity contribution in [1.29, 1.82) is 0 Å². The van der Waals surface area contributed by atoms with E-state index in [4.69, 9.17) is 5.11 Å². The number of aliphatic carboxylic acids is 1. The van der Waals surface area contributed by atoms with Crippen molar-refractivity contribution in [3.63, 3.8) is 0 Å². The minimum Gasteiger partial charge on any atom is -0.481 e. The molecule has 0 spiro atoms. The number of carboxylic acids is 1. The fourth-order valence-electron chi connectivity index (χ4n) is 2.37. The fraction of sp³-hybridized carbons (Fsp3) is 0.909. The van der Waals surface area contributed by atoms with Crippen LogP contribution in [0.25, 0.3) is 0 Å². The number of hydrogen-bond donors (Lipinski definition) is 1. The summed E-state index contributed by atoms with van der Waals surface area (Å²) in [5.41, 5.74) is 0. The second kappa shape index (κ2) is 4.49. The van der Waals surface area contributed by atoms with Crippen LogP contribution in [0.3, 0.4) is 0 Å². The molecule has 1 saturated heterocycles. The average molecular weight is 212 g/mol. The zero-order valence-electron chi connectivity index (χ0n) is 9.35. The lowest BCUT2D eigenvalue weighted by Gasteiger charge is -2.39. The van der Waals surface area contributed by atoms with Crippen molar-refractivity contribution in [1.82, 2.24) is 9.80 Å². The standard InChI is InChI=1S/C11H20N2O2/c1-9-8-13(10-2-3-10)7-6-12(9)5-4-11(14)15/h9-10H,2-8H2,1H3,(H,14,15). The largest absolute Gasteiger partial charge is 0.481 e. The maximum absolute atomic E-state index is 10.5. The quantitative estimate of drug-likeness (QED) is 0.742. The van der Waals surface area contributed by atoms with Crippen molar-refractivity contribution in [2.75, 3.05) is 26.2 Å². The molecule has 1 N–H and O–H groups in total. The molecule has 1 heterocycles. The molecule has 1 aliphatic carbocycles.